The van der Waals surface area contributed by atoms with Gasteiger partial charge in [0.15, 0.2) is 0 Å². The van der Waals surface area contributed by atoms with Crippen LogP contribution in [0.3, 0.4) is 0 Å². The summed E-state index contributed by atoms with van der Waals surface area (Å²) < 4.78 is 0. The molecule has 4 aromatic rings. The highest BCUT2D eigenvalue weighted by Gasteiger charge is 2.15. The summed E-state index contributed by atoms with van der Waals surface area (Å²) in [5.41, 5.74) is 4.56. The molecule has 0 aliphatic carbocycles. The minimum absolute atomic E-state index is 0.0878. The third-order valence-electron chi connectivity index (χ3n) is 4.88. The smallest absolute Gasteiger partial charge is 0.273 e. The number of amides is 1. The van der Waals surface area contributed by atoms with Crippen molar-refractivity contribution >= 4 is 28.3 Å². The van der Waals surface area contributed by atoms with Gasteiger partial charge in [0.05, 0.1) is 10.6 Å². The first-order valence-corrected chi connectivity index (χ1v) is 9.47. The quantitative estimate of drug-likeness (QED) is 0.393. The number of rotatable bonds is 5. The van der Waals surface area contributed by atoms with Crippen LogP contribution in [0.25, 0.3) is 16.7 Å². The van der Waals surface area contributed by atoms with E-state index in [4.69, 9.17) is 0 Å². The van der Waals surface area contributed by atoms with Crippen molar-refractivity contribution in [3.63, 3.8) is 0 Å². The lowest BCUT2D eigenvalue weighted by molar-refractivity contribution is -0.385. The molecule has 0 fully saturated rings. The molecule has 0 saturated heterocycles. The Kier molecular flexibility index (Phi) is 4.97. The number of anilines is 1. The lowest BCUT2D eigenvalue weighted by Gasteiger charge is -2.06. The Hall–Kier alpha value is -4.07. The second kappa shape index (κ2) is 7.75. The monoisotopic (exact) mass is 401 g/mol. The molecule has 0 unspecified atom stereocenters. The molecule has 0 radical (unpaired) electrons. The number of aryl methyl sites for hydroxylation is 2. The average Bonchev–Trinajstić information content (AvgIpc) is 3.17. The molecule has 1 N–H and O–H groups in total. The summed E-state index contributed by atoms with van der Waals surface area (Å²) in [5, 5.41) is 22.8. The zero-order chi connectivity index (χ0) is 21.3. The molecule has 1 aromatic heterocycles. The van der Waals surface area contributed by atoms with Gasteiger partial charge in [0.25, 0.3) is 11.6 Å². The van der Waals surface area contributed by atoms with E-state index in [1.807, 2.05) is 24.3 Å². The molecular formula is C22H19N5O3. The molecule has 0 spiro atoms. The third-order valence-corrected chi connectivity index (χ3v) is 4.88. The van der Waals surface area contributed by atoms with E-state index < -0.39 is 10.8 Å². The van der Waals surface area contributed by atoms with Crippen LogP contribution in [0.4, 0.5) is 11.4 Å². The van der Waals surface area contributed by atoms with Crippen LogP contribution in [0.2, 0.25) is 0 Å². The van der Waals surface area contributed by atoms with Gasteiger partial charge in [0, 0.05) is 22.9 Å². The molecule has 3 aromatic carbocycles. The number of nitrogens with one attached hydrogen (secondary N) is 1. The Bertz CT molecular complexity index is 1260. The van der Waals surface area contributed by atoms with E-state index in [0.29, 0.717) is 22.3 Å². The van der Waals surface area contributed by atoms with E-state index >= 15 is 0 Å². The first kappa shape index (κ1) is 19.3. The number of fused-ring (bicyclic) bond motifs is 1. The number of aromatic nitrogens is 3. The summed E-state index contributed by atoms with van der Waals surface area (Å²) >= 11 is 0. The van der Waals surface area contributed by atoms with Gasteiger partial charge in [-0.2, -0.15) is 4.80 Å². The van der Waals surface area contributed by atoms with Gasteiger partial charge in [-0.3, -0.25) is 14.9 Å². The molecule has 0 saturated carbocycles. The van der Waals surface area contributed by atoms with Gasteiger partial charge >= 0.3 is 0 Å². The molecule has 0 bridgehead atoms. The van der Waals surface area contributed by atoms with Crippen LogP contribution in [-0.2, 0) is 6.42 Å². The molecule has 8 nitrogen and oxygen atoms in total. The summed E-state index contributed by atoms with van der Waals surface area (Å²) in [5.74, 6) is -0.431. The molecular weight excluding hydrogens is 382 g/mol. The predicted molar refractivity (Wildman–Crippen MR) is 114 cm³/mol. The molecule has 0 aliphatic heterocycles. The SMILES string of the molecule is CCc1ccc(-n2nc3ccc(NC(=O)c4ccc(C)c([N+](=O)[O-])c4)cc3n2)cc1. The fourth-order valence-electron chi connectivity index (χ4n) is 3.12. The van der Waals surface area contributed by atoms with Crippen molar-refractivity contribution in [2.75, 3.05) is 5.32 Å². The Morgan fingerprint density at radius 1 is 1.03 bits per heavy atom. The average molecular weight is 401 g/mol. The summed E-state index contributed by atoms with van der Waals surface area (Å²) in [6.07, 6.45) is 0.960. The van der Waals surface area contributed by atoms with Crippen LogP contribution in [0.1, 0.15) is 28.4 Å². The summed E-state index contributed by atoms with van der Waals surface area (Å²) in [4.78, 5) is 24.7. The number of carbonyl (C=O) groups excluding carboxylic acids is 1. The van der Waals surface area contributed by atoms with E-state index in [1.54, 1.807) is 42.1 Å². The number of nitro benzene ring substituents is 1. The van der Waals surface area contributed by atoms with Crippen molar-refractivity contribution in [1.29, 1.82) is 0 Å². The second-order valence-corrected chi connectivity index (χ2v) is 6.93. The van der Waals surface area contributed by atoms with Gasteiger partial charge in [-0.1, -0.05) is 25.1 Å². The topological polar surface area (TPSA) is 103 Å². The van der Waals surface area contributed by atoms with Crippen LogP contribution in [-0.4, -0.2) is 25.8 Å². The van der Waals surface area contributed by atoms with Gasteiger partial charge in [0.1, 0.15) is 11.0 Å². The van der Waals surface area contributed by atoms with Crippen molar-refractivity contribution in [1.82, 2.24) is 15.0 Å². The maximum Gasteiger partial charge on any atom is 0.273 e. The van der Waals surface area contributed by atoms with Crippen molar-refractivity contribution < 1.29 is 9.72 Å². The van der Waals surface area contributed by atoms with Crippen molar-refractivity contribution in [3.05, 3.63) is 87.5 Å². The van der Waals surface area contributed by atoms with E-state index in [-0.39, 0.29) is 11.3 Å². The molecule has 30 heavy (non-hydrogen) atoms. The number of carbonyl (C=O) groups is 1. The molecule has 0 atom stereocenters. The largest absolute Gasteiger partial charge is 0.322 e. The predicted octanol–water partition coefficient (Wildman–Crippen LogP) is 4.45. The minimum Gasteiger partial charge on any atom is -0.322 e. The van der Waals surface area contributed by atoms with Crippen LogP contribution < -0.4 is 5.32 Å². The van der Waals surface area contributed by atoms with Gasteiger partial charge in [0.2, 0.25) is 0 Å². The van der Waals surface area contributed by atoms with Gasteiger partial charge in [-0.05, 0) is 55.3 Å². The minimum atomic E-state index is -0.497. The molecule has 1 amide bonds. The maximum atomic E-state index is 12.5. The van der Waals surface area contributed by atoms with Gasteiger partial charge in [-0.15, -0.1) is 10.2 Å². The number of hydrogen-bond acceptors (Lipinski definition) is 5. The Balaban J connectivity index is 1.58. The van der Waals surface area contributed by atoms with Crippen molar-refractivity contribution in [2.24, 2.45) is 0 Å². The summed E-state index contributed by atoms with van der Waals surface area (Å²) in [6.45, 7) is 3.73. The fraction of sp³-hybridized carbons (Fsp3) is 0.136. The third kappa shape index (κ3) is 3.75. The van der Waals surface area contributed by atoms with Crippen LogP contribution in [0, 0.1) is 17.0 Å². The van der Waals surface area contributed by atoms with Crippen LogP contribution >= 0.6 is 0 Å². The molecule has 4 rings (SSSR count). The van der Waals surface area contributed by atoms with E-state index in [1.165, 1.54) is 11.6 Å². The van der Waals surface area contributed by atoms with Gasteiger partial charge < -0.3 is 5.32 Å². The van der Waals surface area contributed by atoms with Gasteiger partial charge in [-0.25, -0.2) is 0 Å². The Morgan fingerprint density at radius 3 is 2.47 bits per heavy atom. The molecule has 150 valence electrons. The summed E-state index contributed by atoms with van der Waals surface area (Å²) in [6, 6.07) is 17.6. The normalized spacial score (nSPS) is 10.9. The maximum absolute atomic E-state index is 12.5. The lowest BCUT2D eigenvalue weighted by atomic mass is 10.1. The van der Waals surface area contributed by atoms with Crippen molar-refractivity contribution in [3.8, 4) is 5.69 Å². The number of nitro groups is 1. The zero-order valence-electron chi connectivity index (χ0n) is 16.5. The van der Waals surface area contributed by atoms with E-state index in [2.05, 4.69) is 22.4 Å². The van der Waals surface area contributed by atoms with Crippen LogP contribution in [0.15, 0.2) is 60.7 Å². The van der Waals surface area contributed by atoms with Crippen LogP contribution in [0.5, 0.6) is 0 Å². The summed E-state index contributed by atoms with van der Waals surface area (Å²) in [7, 11) is 0. The lowest BCUT2D eigenvalue weighted by Crippen LogP contribution is -2.12. The Morgan fingerprint density at radius 2 is 1.77 bits per heavy atom. The highest BCUT2D eigenvalue weighted by atomic mass is 16.6. The number of benzene rings is 3. The number of hydrogen-bond donors (Lipinski definition) is 1. The molecule has 1 heterocycles. The molecule has 8 heteroatoms. The number of nitrogens with zero attached hydrogens (tertiary/aromatic N) is 4. The van der Waals surface area contributed by atoms with E-state index in [0.717, 1.165) is 12.1 Å². The highest BCUT2D eigenvalue weighted by molar-refractivity contribution is 6.05. The zero-order valence-corrected chi connectivity index (χ0v) is 16.5. The van der Waals surface area contributed by atoms with E-state index in [9.17, 15) is 14.9 Å². The Labute approximate surface area is 172 Å². The fourth-order valence-corrected chi connectivity index (χ4v) is 3.12. The standard InChI is InChI=1S/C22H19N5O3/c1-3-15-5-9-18(10-6-15)26-24-19-11-8-17(13-20(19)25-26)23-22(28)16-7-4-14(2)21(12-16)27(29)30/h4-13H,3H2,1-2H3,(H,23,28). The van der Waals surface area contributed by atoms with Crippen molar-refractivity contribution in [2.45, 2.75) is 20.3 Å². The molecule has 0 aliphatic rings. The first-order chi connectivity index (χ1) is 14.4. The first-order valence-electron chi connectivity index (χ1n) is 9.47. The second-order valence-electron chi connectivity index (χ2n) is 6.93. The highest BCUT2D eigenvalue weighted by Crippen LogP contribution is 2.22.